The predicted octanol–water partition coefficient (Wildman–Crippen LogP) is 3.72. The van der Waals surface area contributed by atoms with Gasteiger partial charge in [-0.25, -0.2) is 8.42 Å². The van der Waals surface area contributed by atoms with E-state index in [9.17, 15) is 18.0 Å². The van der Waals surface area contributed by atoms with Crippen molar-refractivity contribution in [3.63, 3.8) is 0 Å². The molecule has 0 bridgehead atoms. The van der Waals surface area contributed by atoms with E-state index in [1.807, 2.05) is 19.1 Å². The molecular formula is C23H27N3O4S2. The van der Waals surface area contributed by atoms with Gasteiger partial charge in [-0.3, -0.25) is 14.3 Å². The lowest BCUT2D eigenvalue weighted by atomic mass is 9.99. The number of amides is 2. The fourth-order valence-corrected chi connectivity index (χ4v) is 5.97. The van der Waals surface area contributed by atoms with Gasteiger partial charge in [-0.15, -0.1) is 11.8 Å². The van der Waals surface area contributed by atoms with Gasteiger partial charge in [0, 0.05) is 23.7 Å². The van der Waals surface area contributed by atoms with Gasteiger partial charge in [0.25, 0.3) is 10.0 Å². The van der Waals surface area contributed by atoms with Crippen molar-refractivity contribution in [1.29, 1.82) is 0 Å². The molecule has 7 nitrogen and oxygen atoms in total. The van der Waals surface area contributed by atoms with E-state index in [2.05, 4.69) is 17.0 Å². The van der Waals surface area contributed by atoms with Crippen LogP contribution in [0.4, 0.5) is 11.4 Å². The Kier molecular flexibility index (Phi) is 6.48. The van der Waals surface area contributed by atoms with Crippen molar-refractivity contribution in [3.05, 3.63) is 48.0 Å². The third kappa shape index (κ3) is 4.78. The maximum absolute atomic E-state index is 12.9. The highest BCUT2D eigenvalue weighted by atomic mass is 32.2. The molecule has 9 heteroatoms. The zero-order chi connectivity index (χ0) is 22.9. The SMILES string of the molecule is CCc1ccc(NS(=O)(=O)c2ccc3c(c2)NC(=O)[C@@H](C(=O)N2CCC(C)CC2)S3)cc1. The number of nitrogens with zero attached hydrogens (tertiary/aromatic N) is 1. The van der Waals surface area contributed by atoms with E-state index in [4.69, 9.17) is 0 Å². The molecule has 170 valence electrons. The van der Waals surface area contributed by atoms with E-state index in [-0.39, 0.29) is 10.8 Å². The lowest BCUT2D eigenvalue weighted by Gasteiger charge is -2.33. The average molecular weight is 474 g/mol. The lowest BCUT2D eigenvalue weighted by molar-refractivity contribution is -0.135. The van der Waals surface area contributed by atoms with E-state index >= 15 is 0 Å². The number of sulfonamides is 1. The molecule has 2 heterocycles. The summed E-state index contributed by atoms with van der Waals surface area (Å²) in [6.07, 6.45) is 2.75. The highest BCUT2D eigenvalue weighted by molar-refractivity contribution is 8.01. The van der Waals surface area contributed by atoms with Gasteiger partial charge in [-0.05, 0) is 61.1 Å². The molecule has 2 aliphatic heterocycles. The van der Waals surface area contributed by atoms with Crippen molar-refractivity contribution in [2.75, 3.05) is 23.1 Å². The van der Waals surface area contributed by atoms with Gasteiger partial charge in [-0.1, -0.05) is 26.0 Å². The maximum Gasteiger partial charge on any atom is 0.261 e. The van der Waals surface area contributed by atoms with E-state index in [0.717, 1.165) is 24.8 Å². The smallest absolute Gasteiger partial charge is 0.261 e. The second-order valence-corrected chi connectivity index (χ2v) is 11.1. The van der Waals surface area contributed by atoms with Crippen LogP contribution in [0.15, 0.2) is 52.3 Å². The number of likely N-dealkylation sites (tertiary alicyclic amines) is 1. The molecule has 1 atom stereocenters. The van der Waals surface area contributed by atoms with Crippen LogP contribution < -0.4 is 10.0 Å². The largest absolute Gasteiger partial charge is 0.341 e. The topological polar surface area (TPSA) is 95.6 Å². The summed E-state index contributed by atoms with van der Waals surface area (Å²) < 4.78 is 28.2. The van der Waals surface area contributed by atoms with Crippen molar-refractivity contribution in [2.24, 2.45) is 5.92 Å². The standard InChI is InChI=1S/C23H27N3O4S2/c1-3-16-4-6-17(7-5-16)25-32(29,30)18-8-9-20-19(14-18)24-22(27)21(31-20)23(28)26-12-10-15(2)11-13-26/h4-9,14-15,21,25H,3,10-13H2,1-2H3,(H,24,27)/t21-/m0/s1. The molecule has 2 aliphatic rings. The first-order valence-corrected chi connectivity index (χ1v) is 13.1. The number of hydrogen-bond acceptors (Lipinski definition) is 5. The van der Waals surface area contributed by atoms with Gasteiger partial charge in [0.05, 0.1) is 10.6 Å². The molecular weight excluding hydrogens is 446 g/mol. The molecule has 0 spiro atoms. The number of fused-ring (bicyclic) bond motifs is 1. The summed E-state index contributed by atoms with van der Waals surface area (Å²) in [5, 5.41) is 1.88. The van der Waals surface area contributed by atoms with Crippen molar-refractivity contribution in [3.8, 4) is 0 Å². The summed E-state index contributed by atoms with van der Waals surface area (Å²) in [6, 6.07) is 11.8. The molecule has 0 unspecified atom stereocenters. The number of rotatable bonds is 5. The lowest BCUT2D eigenvalue weighted by Crippen LogP contribution is -2.47. The van der Waals surface area contributed by atoms with Gasteiger partial charge < -0.3 is 10.2 Å². The zero-order valence-corrected chi connectivity index (χ0v) is 19.8. The number of anilines is 2. The summed E-state index contributed by atoms with van der Waals surface area (Å²) in [7, 11) is -3.82. The molecule has 1 saturated heterocycles. The Balaban J connectivity index is 1.50. The number of piperidine rings is 1. The van der Waals surface area contributed by atoms with Crippen LogP contribution in [0.3, 0.4) is 0 Å². The highest BCUT2D eigenvalue weighted by Crippen LogP contribution is 2.38. The van der Waals surface area contributed by atoms with E-state index in [1.165, 1.54) is 23.9 Å². The number of hydrogen-bond donors (Lipinski definition) is 2. The molecule has 1 fully saturated rings. The highest BCUT2D eigenvalue weighted by Gasteiger charge is 2.37. The van der Waals surface area contributed by atoms with Crippen LogP contribution in [-0.2, 0) is 26.0 Å². The van der Waals surface area contributed by atoms with Crippen LogP contribution in [0, 0.1) is 5.92 Å². The normalized spacial score (nSPS) is 19.2. The third-order valence-electron chi connectivity index (χ3n) is 5.94. The van der Waals surface area contributed by atoms with Crippen LogP contribution >= 0.6 is 11.8 Å². The van der Waals surface area contributed by atoms with Crippen LogP contribution in [0.1, 0.15) is 32.3 Å². The molecule has 32 heavy (non-hydrogen) atoms. The first kappa shape index (κ1) is 22.7. The number of thioether (sulfide) groups is 1. The molecule has 2 aromatic carbocycles. The molecule has 2 amide bonds. The zero-order valence-electron chi connectivity index (χ0n) is 18.1. The minimum absolute atomic E-state index is 0.0477. The number of carbonyl (C=O) groups is 2. The molecule has 0 aliphatic carbocycles. The number of aryl methyl sites for hydroxylation is 1. The first-order chi connectivity index (χ1) is 15.3. The Labute approximate surface area is 193 Å². The van der Waals surface area contributed by atoms with Crippen LogP contribution in [0.25, 0.3) is 0 Å². The number of benzene rings is 2. The Morgan fingerprint density at radius 3 is 2.50 bits per heavy atom. The quantitative estimate of drug-likeness (QED) is 0.646. The Bertz CT molecular complexity index is 1120. The van der Waals surface area contributed by atoms with Crippen molar-refractivity contribution in [1.82, 2.24) is 4.90 Å². The minimum atomic E-state index is -3.82. The summed E-state index contributed by atoms with van der Waals surface area (Å²) >= 11 is 1.18. The second kappa shape index (κ2) is 9.15. The van der Waals surface area contributed by atoms with Crippen molar-refractivity contribution < 1.29 is 18.0 Å². The molecule has 0 aromatic heterocycles. The van der Waals surface area contributed by atoms with Crippen molar-refractivity contribution in [2.45, 2.75) is 48.2 Å². The summed E-state index contributed by atoms with van der Waals surface area (Å²) in [4.78, 5) is 28.1. The Hall–Kier alpha value is -2.52. The first-order valence-electron chi connectivity index (χ1n) is 10.8. The molecule has 0 saturated carbocycles. The molecule has 0 radical (unpaired) electrons. The van der Waals surface area contributed by atoms with Gasteiger partial charge >= 0.3 is 0 Å². The Morgan fingerprint density at radius 1 is 1.16 bits per heavy atom. The summed E-state index contributed by atoms with van der Waals surface area (Å²) in [6.45, 7) is 5.53. The van der Waals surface area contributed by atoms with E-state index in [1.54, 1.807) is 23.1 Å². The molecule has 2 N–H and O–H groups in total. The predicted molar refractivity (Wildman–Crippen MR) is 126 cm³/mol. The minimum Gasteiger partial charge on any atom is -0.341 e. The van der Waals surface area contributed by atoms with Crippen LogP contribution in [0.5, 0.6) is 0 Å². The Morgan fingerprint density at radius 2 is 1.84 bits per heavy atom. The van der Waals surface area contributed by atoms with Gasteiger partial charge in [0.2, 0.25) is 11.8 Å². The number of carbonyl (C=O) groups excluding carboxylic acids is 2. The number of nitrogens with one attached hydrogen (secondary N) is 2. The fraction of sp³-hybridized carbons (Fsp3) is 0.391. The van der Waals surface area contributed by atoms with Crippen LogP contribution in [0.2, 0.25) is 0 Å². The molecule has 2 aromatic rings. The average Bonchev–Trinajstić information content (AvgIpc) is 2.78. The van der Waals surface area contributed by atoms with E-state index < -0.39 is 21.2 Å². The van der Waals surface area contributed by atoms with Crippen molar-refractivity contribution >= 4 is 45.0 Å². The summed E-state index contributed by atoms with van der Waals surface area (Å²) in [5.74, 6) is -0.00565. The molecule has 4 rings (SSSR count). The fourth-order valence-electron chi connectivity index (χ4n) is 3.84. The monoisotopic (exact) mass is 473 g/mol. The van der Waals surface area contributed by atoms with Gasteiger partial charge in [-0.2, -0.15) is 0 Å². The van der Waals surface area contributed by atoms with E-state index in [0.29, 0.717) is 35.3 Å². The third-order valence-corrected chi connectivity index (χ3v) is 8.58. The van der Waals surface area contributed by atoms with Gasteiger partial charge in [0.15, 0.2) is 5.25 Å². The van der Waals surface area contributed by atoms with Gasteiger partial charge in [0.1, 0.15) is 0 Å². The maximum atomic E-state index is 12.9. The van der Waals surface area contributed by atoms with Crippen LogP contribution in [-0.4, -0.2) is 43.5 Å². The summed E-state index contributed by atoms with van der Waals surface area (Å²) in [5.41, 5.74) is 1.99. The second-order valence-electron chi connectivity index (χ2n) is 8.31.